The first-order chi connectivity index (χ1) is 9.54. The molecule has 1 atom stereocenters. The number of ether oxygens (including phenoxy) is 1. The smallest absolute Gasteiger partial charge is 0.0727 e. The van der Waals surface area contributed by atoms with Gasteiger partial charge in [-0.25, -0.2) is 0 Å². The molecular formula is C16H31N3O. The Bertz CT molecular complexity index is 399. The SMILES string of the molecule is CCc1nn(C(C)COC)c(CC)c1CNCC(C)C. The summed E-state index contributed by atoms with van der Waals surface area (Å²) in [7, 11) is 1.75. The van der Waals surface area contributed by atoms with E-state index in [9.17, 15) is 0 Å². The summed E-state index contributed by atoms with van der Waals surface area (Å²) in [5, 5.41) is 8.36. The highest BCUT2D eigenvalue weighted by Crippen LogP contribution is 2.20. The zero-order valence-electron chi connectivity index (χ0n) is 14.0. The Morgan fingerprint density at radius 3 is 2.40 bits per heavy atom. The zero-order valence-corrected chi connectivity index (χ0v) is 14.0. The van der Waals surface area contributed by atoms with Crippen LogP contribution in [0.1, 0.15) is 57.6 Å². The van der Waals surface area contributed by atoms with E-state index in [-0.39, 0.29) is 0 Å². The maximum absolute atomic E-state index is 5.28. The molecule has 20 heavy (non-hydrogen) atoms. The standard InChI is InChI=1S/C16H31N3O/c1-7-15-14(10-17-9-12(3)4)16(8-2)19(18-15)13(5)11-20-6/h12-13,17H,7-11H2,1-6H3. The van der Waals surface area contributed by atoms with Gasteiger partial charge >= 0.3 is 0 Å². The number of methoxy groups -OCH3 is 1. The molecule has 4 nitrogen and oxygen atoms in total. The topological polar surface area (TPSA) is 39.1 Å². The maximum Gasteiger partial charge on any atom is 0.0727 e. The number of aryl methyl sites for hydroxylation is 1. The van der Waals surface area contributed by atoms with Gasteiger partial charge in [-0.2, -0.15) is 5.10 Å². The van der Waals surface area contributed by atoms with Gasteiger partial charge in [0.25, 0.3) is 0 Å². The van der Waals surface area contributed by atoms with Gasteiger partial charge in [-0.3, -0.25) is 4.68 Å². The summed E-state index contributed by atoms with van der Waals surface area (Å²) in [6, 6.07) is 0.291. The molecule has 0 fully saturated rings. The van der Waals surface area contributed by atoms with Crippen LogP contribution in [0, 0.1) is 5.92 Å². The van der Waals surface area contributed by atoms with Crippen LogP contribution in [0.3, 0.4) is 0 Å². The fraction of sp³-hybridized carbons (Fsp3) is 0.812. The Hall–Kier alpha value is -0.870. The van der Waals surface area contributed by atoms with Crippen LogP contribution in [0.25, 0.3) is 0 Å². The zero-order chi connectivity index (χ0) is 15.1. The van der Waals surface area contributed by atoms with E-state index in [1.54, 1.807) is 7.11 Å². The van der Waals surface area contributed by atoms with Crippen molar-refractivity contribution < 1.29 is 4.74 Å². The average molecular weight is 281 g/mol. The molecule has 1 N–H and O–H groups in total. The minimum Gasteiger partial charge on any atom is -0.382 e. The van der Waals surface area contributed by atoms with Crippen molar-refractivity contribution in [2.75, 3.05) is 20.3 Å². The molecule has 0 saturated carbocycles. The van der Waals surface area contributed by atoms with E-state index >= 15 is 0 Å². The number of rotatable bonds is 9. The van der Waals surface area contributed by atoms with Crippen molar-refractivity contribution in [3.63, 3.8) is 0 Å². The van der Waals surface area contributed by atoms with Crippen molar-refractivity contribution in [2.24, 2.45) is 5.92 Å². The summed E-state index contributed by atoms with van der Waals surface area (Å²) < 4.78 is 7.44. The molecule has 0 aliphatic carbocycles. The number of nitrogens with one attached hydrogen (secondary N) is 1. The first-order valence-corrected chi connectivity index (χ1v) is 7.83. The maximum atomic E-state index is 5.28. The van der Waals surface area contributed by atoms with Crippen molar-refractivity contribution in [3.05, 3.63) is 17.0 Å². The van der Waals surface area contributed by atoms with Gasteiger partial charge < -0.3 is 10.1 Å². The summed E-state index contributed by atoms with van der Waals surface area (Å²) in [5.74, 6) is 0.674. The van der Waals surface area contributed by atoms with Crippen LogP contribution < -0.4 is 5.32 Å². The summed E-state index contributed by atoms with van der Waals surface area (Å²) in [6.45, 7) is 13.7. The minimum atomic E-state index is 0.291. The highest BCUT2D eigenvalue weighted by atomic mass is 16.5. The largest absolute Gasteiger partial charge is 0.382 e. The lowest BCUT2D eigenvalue weighted by molar-refractivity contribution is 0.155. The van der Waals surface area contributed by atoms with Crippen LogP contribution in [0.4, 0.5) is 0 Å². The van der Waals surface area contributed by atoms with Crippen molar-refractivity contribution in [3.8, 4) is 0 Å². The highest BCUT2D eigenvalue weighted by molar-refractivity contribution is 5.27. The summed E-state index contributed by atoms with van der Waals surface area (Å²) in [6.07, 6.45) is 2.00. The van der Waals surface area contributed by atoms with Gasteiger partial charge in [0.15, 0.2) is 0 Å². The summed E-state index contributed by atoms with van der Waals surface area (Å²) >= 11 is 0. The van der Waals surface area contributed by atoms with Crippen LogP contribution in [0.15, 0.2) is 0 Å². The van der Waals surface area contributed by atoms with Gasteiger partial charge in [-0.15, -0.1) is 0 Å². The monoisotopic (exact) mass is 281 g/mol. The van der Waals surface area contributed by atoms with Crippen LogP contribution in [-0.2, 0) is 24.1 Å². The van der Waals surface area contributed by atoms with E-state index in [0.717, 1.165) is 25.9 Å². The van der Waals surface area contributed by atoms with Crippen LogP contribution in [0.5, 0.6) is 0 Å². The first kappa shape index (κ1) is 17.2. The molecule has 0 aromatic carbocycles. The third-order valence-corrected chi connectivity index (χ3v) is 3.55. The van der Waals surface area contributed by atoms with Gasteiger partial charge in [0, 0.05) is 24.9 Å². The van der Waals surface area contributed by atoms with Gasteiger partial charge in [-0.05, 0) is 32.2 Å². The lowest BCUT2D eigenvalue weighted by Crippen LogP contribution is -2.21. The Kier molecular flexibility index (Phi) is 7.24. The molecule has 1 unspecified atom stereocenters. The third kappa shape index (κ3) is 4.32. The lowest BCUT2D eigenvalue weighted by atomic mass is 10.1. The highest BCUT2D eigenvalue weighted by Gasteiger charge is 2.18. The van der Waals surface area contributed by atoms with Gasteiger partial charge in [-0.1, -0.05) is 27.7 Å². The molecule has 0 bridgehead atoms. The summed E-state index contributed by atoms with van der Waals surface area (Å²) in [5.41, 5.74) is 3.96. The van der Waals surface area contributed by atoms with E-state index in [1.807, 2.05) is 0 Å². The molecule has 0 aliphatic heterocycles. The van der Waals surface area contributed by atoms with Gasteiger partial charge in [0.2, 0.25) is 0 Å². The second-order valence-corrected chi connectivity index (χ2v) is 5.85. The Morgan fingerprint density at radius 2 is 1.90 bits per heavy atom. The number of hydrogen-bond acceptors (Lipinski definition) is 3. The Labute approximate surface area is 123 Å². The van der Waals surface area contributed by atoms with Crippen molar-refractivity contribution >= 4 is 0 Å². The third-order valence-electron chi connectivity index (χ3n) is 3.55. The van der Waals surface area contributed by atoms with Crippen LogP contribution >= 0.6 is 0 Å². The first-order valence-electron chi connectivity index (χ1n) is 7.83. The second-order valence-electron chi connectivity index (χ2n) is 5.85. The molecule has 1 heterocycles. The van der Waals surface area contributed by atoms with Crippen molar-refractivity contribution in [1.29, 1.82) is 0 Å². The fourth-order valence-electron chi connectivity index (χ4n) is 2.58. The van der Waals surface area contributed by atoms with Crippen molar-refractivity contribution in [2.45, 2.75) is 60.0 Å². The van der Waals surface area contributed by atoms with E-state index in [0.29, 0.717) is 18.6 Å². The normalized spacial score (nSPS) is 13.2. The summed E-state index contributed by atoms with van der Waals surface area (Å²) in [4.78, 5) is 0. The lowest BCUT2D eigenvalue weighted by Gasteiger charge is -2.15. The molecule has 0 amide bonds. The van der Waals surface area contributed by atoms with E-state index < -0.39 is 0 Å². The predicted octanol–water partition coefficient (Wildman–Crippen LogP) is 2.96. The number of hydrogen-bond donors (Lipinski definition) is 1. The molecular weight excluding hydrogens is 250 g/mol. The number of nitrogens with zero attached hydrogens (tertiary/aromatic N) is 2. The van der Waals surface area contributed by atoms with E-state index in [4.69, 9.17) is 9.84 Å². The predicted molar refractivity (Wildman–Crippen MR) is 84.1 cm³/mol. The molecule has 1 aromatic heterocycles. The molecule has 0 aliphatic rings. The van der Waals surface area contributed by atoms with Crippen LogP contribution in [-0.4, -0.2) is 30.0 Å². The van der Waals surface area contributed by atoms with E-state index in [1.165, 1.54) is 17.0 Å². The number of aromatic nitrogens is 2. The van der Waals surface area contributed by atoms with Crippen LogP contribution in [0.2, 0.25) is 0 Å². The minimum absolute atomic E-state index is 0.291. The molecule has 0 spiro atoms. The van der Waals surface area contributed by atoms with E-state index in [2.05, 4.69) is 44.6 Å². The quantitative estimate of drug-likeness (QED) is 0.756. The molecule has 0 radical (unpaired) electrons. The average Bonchev–Trinajstić information content (AvgIpc) is 2.76. The fourth-order valence-corrected chi connectivity index (χ4v) is 2.58. The Balaban J connectivity index is 2.95. The molecule has 0 saturated heterocycles. The molecule has 1 aromatic rings. The molecule has 4 heteroatoms. The second kappa shape index (κ2) is 8.42. The molecule has 1 rings (SSSR count). The molecule has 116 valence electrons. The van der Waals surface area contributed by atoms with Gasteiger partial charge in [0.05, 0.1) is 18.3 Å². The van der Waals surface area contributed by atoms with Gasteiger partial charge in [0.1, 0.15) is 0 Å². The Morgan fingerprint density at radius 1 is 1.20 bits per heavy atom. The van der Waals surface area contributed by atoms with Crippen molar-refractivity contribution in [1.82, 2.24) is 15.1 Å².